The highest BCUT2D eigenvalue weighted by Gasteiger charge is 2.49. The van der Waals surface area contributed by atoms with E-state index in [0.717, 1.165) is 12.8 Å². The Morgan fingerprint density at radius 3 is 2.45 bits per heavy atom. The maximum absolute atomic E-state index is 12.7. The first kappa shape index (κ1) is 19.9. The minimum absolute atomic E-state index is 0.0493. The number of alkyl halides is 3. The second kappa shape index (κ2) is 7.43. The minimum atomic E-state index is -4.54. The number of amides is 3. The average molecular weight is 413 g/mol. The number of piperidine rings is 1. The van der Waals surface area contributed by atoms with Gasteiger partial charge in [-0.05, 0) is 30.7 Å². The summed E-state index contributed by atoms with van der Waals surface area (Å²) in [5, 5.41) is 2.91. The number of aromatic nitrogens is 2. The molecule has 158 valence electrons. The van der Waals surface area contributed by atoms with E-state index in [9.17, 15) is 22.8 Å². The first-order valence-corrected chi connectivity index (χ1v) is 9.55. The molecule has 0 radical (unpaired) electrons. The number of rotatable bonds is 2. The van der Waals surface area contributed by atoms with E-state index >= 15 is 0 Å². The molecule has 0 bridgehead atoms. The number of carbonyl (C=O) groups excluding carboxylic acids is 2. The van der Waals surface area contributed by atoms with Crippen LogP contribution >= 0.6 is 0 Å². The second-order valence-corrected chi connectivity index (χ2v) is 8.01. The molecule has 4 heterocycles. The molecule has 1 N–H and O–H groups in total. The normalized spacial score (nSPS) is 22.4. The molecule has 3 aliphatic heterocycles. The second-order valence-electron chi connectivity index (χ2n) is 8.01. The van der Waals surface area contributed by atoms with Gasteiger partial charge in [0.1, 0.15) is 6.61 Å². The quantitative estimate of drug-likeness (QED) is 0.784. The molecule has 1 aromatic heterocycles. The van der Waals surface area contributed by atoms with Crippen LogP contribution < -0.4 is 5.32 Å². The van der Waals surface area contributed by atoms with Crippen molar-refractivity contribution >= 4 is 11.9 Å². The lowest BCUT2D eigenvalue weighted by molar-refractivity contribution is -0.145. The minimum Gasteiger partial charge on any atom is -0.369 e. The first-order valence-electron chi connectivity index (χ1n) is 9.55. The van der Waals surface area contributed by atoms with Gasteiger partial charge < -0.3 is 19.9 Å². The molecule has 3 saturated heterocycles. The standard InChI is InChI=1S/C18H22F3N5O3/c19-18(20,21)15-22-6-13(7-23-15)5-12-1-3-25(4-2-12)16(28)26-9-17(10-26)11-29-8-14(27)24-17/h6-7,12H,1-5,8-11H2,(H,24,27). The van der Waals surface area contributed by atoms with Crippen LogP contribution in [-0.4, -0.2) is 76.6 Å². The van der Waals surface area contributed by atoms with E-state index in [1.165, 1.54) is 12.4 Å². The Morgan fingerprint density at radius 1 is 1.21 bits per heavy atom. The summed E-state index contributed by atoms with van der Waals surface area (Å²) in [5.74, 6) is -1.02. The van der Waals surface area contributed by atoms with Crippen LogP contribution in [0.2, 0.25) is 0 Å². The molecule has 0 saturated carbocycles. The Morgan fingerprint density at radius 2 is 1.86 bits per heavy atom. The smallest absolute Gasteiger partial charge is 0.369 e. The highest BCUT2D eigenvalue weighted by Crippen LogP contribution is 2.28. The number of hydrogen-bond donors (Lipinski definition) is 1. The zero-order valence-electron chi connectivity index (χ0n) is 15.7. The summed E-state index contributed by atoms with van der Waals surface area (Å²) in [6.45, 7) is 2.56. The largest absolute Gasteiger partial charge is 0.451 e. The Bertz CT molecular complexity index is 772. The number of urea groups is 1. The van der Waals surface area contributed by atoms with Gasteiger partial charge in [-0.2, -0.15) is 13.2 Å². The molecule has 0 aliphatic carbocycles. The highest BCUT2D eigenvalue weighted by molar-refractivity contribution is 5.81. The molecule has 3 fully saturated rings. The summed E-state index contributed by atoms with van der Waals surface area (Å²) in [6.07, 6.45) is 0.0561. The number of morpholine rings is 1. The summed E-state index contributed by atoms with van der Waals surface area (Å²) >= 11 is 0. The third-order valence-electron chi connectivity index (χ3n) is 5.64. The molecule has 29 heavy (non-hydrogen) atoms. The molecular formula is C18H22F3N5O3. The lowest BCUT2D eigenvalue weighted by Crippen LogP contribution is -2.76. The van der Waals surface area contributed by atoms with E-state index in [-0.39, 0.29) is 24.5 Å². The van der Waals surface area contributed by atoms with Crippen LogP contribution in [0, 0.1) is 5.92 Å². The van der Waals surface area contributed by atoms with Gasteiger partial charge in [0.2, 0.25) is 11.7 Å². The Labute approximate surface area is 165 Å². The zero-order valence-corrected chi connectivity index (χ0v) is 15.7. The van der Waals surface area contributed by atoms with Gasteiger partial charge in [0.15, 0.2) is 0 Å². The Kier molecular flexibility index (Phi) is 5.09. The molecule has 0 unspecified atom stereocenters. The van der Waals surface area contributed by atoms with Crippen molar-refractivity contribution < 1.29 is 27.5 Å². The van der Waals surface area contributed by atoms with Gasteiger partial charge in [-0.15, -0.1) is 0 Å². The van der Waals surface area contributed by atoms with Gasteiger partial charge in [-0.3, -0.25) is 4.79 Å². The van der Waals surface area contributed by atoms with E-state index in [2.05, 4.69) is 15.3 Å². The summed E-state index contributed by atoms with van der Waals surface area (Å²) in [4.78, 5) is 34.4. The van der Waals surface area contributed by atoms with Crippen LogP contribution in [-0.2, 0) is 22.1 Å². The predicted molar refractivity (Wildman–Crippen MR) is 93.7 cm³/mol. The number of hydrogen-bond acceptors (Lipinski definition) is 5. The van der Waals surface area contributed by atoms with Gasteiger partial charge >= 0.3 is 12.2 Å². The summed E-state index contributed by atoms with van der Waals surface area (Å²) < 4.78 is 42.9. The number of ether oxygens (including phenoxy) is 1. The van der Waals surface area contributed by atoms with Crippen molar-refractivity contribution in [3.05, 3.63) is 23.8 Å². The molecule has 1 spiro atoms. The van der Waals surface area contributed by atoms with Crippen molar-refractivity contribution in [1.29, 1.82) is 0 Å². The zero-order chi connectivity index (χ0) is 20.6. The van der Waals surface area contributed by atoms with Crippen LogP contribution in [0.4, 0.5) is 18.0 Å². The van der Waals surface area contributed by atoms with Crippen molar-refractivity contribution in [2.24, 2.45) is 5.92 Å². The van der Waals surface area contributed by atoms with Gasteiger partial charge in [0.05, 0.1) is 12.1 Å². The van der Waals surface area contributed by atoms with E-state index in [4.69, 9.17) is 4.74 Å². The van der Waals surface area contributed by atoms with Crippen molar-refractivity contribution in [2.45, 2.75) is 31.0 Å². The fraction of sp³-hybridized carbons (Fsp3) is 0.667. The third kappa shape index (κ3) is 4.29. The van der Waals surface area contributed by atoms with Crippen LogP contribution in [0.25, 0.3) is 0 Å². The number of carbonyl (C=O) groups is 2. The average Bonchev–Trinajstić information content (AvgIpc) is 2.66. The monoisotopic (exact) mass is 413 g/mol. The molecule has 11 heteroatoms. The molecule has 3 aliphatic rings. The number of likely N-dealkylation sites (tertiary alicyclic amines) is 2. The first-order chi connectivity index (χ1) is 13.7. The van der Waals surface area contributed by atoms with Gasteiger partial charge in [0, 0.05) is 38.6 Å². The van der Waals surface area contributed by atoms with Crippen molar-refractivity contribution in [3.8, 4) is 0 Å². The maximum atomic E-state index is 12.7. The number of halogens is 3. The molecule has 0 aromatic carbocycles. The Hall–Kier alpha value is -2.43. The van der Waals surface area contributed by atoms with Crippen molar-refractivity contribution in [1.82, 2.24) is 25.1 Å². The molecule has 8 nitrogen and oxygen atoms in total. The predicted octanol–water partition coefficient (Wildman–Crippen LogP) is 1.07. The van der Waals surface area contributed by atoms with Crippen LogP contribution in [0.5, 0.6) is 0 Å². The van der Waals surface area contributed by atoms with Crippen molar-refractivity contribution in [2.75, 3.05) is 39.4 Å². The molecule has 4 rings (SSSR count). The van der Waals surface area contributed by atoms with Gasteiger partial charge in [-0.25, -0.2) is 14.8 Å². The maximum Gasteiger partial charge on any atom is 0.451 e. The number of nitrogens with one attached hydrogen (secondary N) is 1. The van der Waals surface area contributed by atoms with Gasteiger partial charge in [0.25, 0.3) is 0 Å². The SMILES string of the molecule is O=C1COCC2(CN(C(=O)N3CCC(Cc4cnc(C(F)(F)F)nc4)CC3)C2)N1. The summed E-state index contributed by atoms with van der Waals surface area (Å²) in [5.41, 5.74) is 0.215. The van der Waals surface area contributed by atoms with Gasteiger partial charge in [-0.1, -0.05) is 0 Å². The molecule has 0 atom stereocenters. The number of nitrogens with zero attached hydrogens (tertiary/aromatic N) is 4. The molecule has 3 amide bonds. The van der Waals surface area contributed by atoms with Crippen LogP contribution in [0.15, 0.2) is 12.4 Å². The van der Waals surface area contributed by atoms with E-state index in [1.54, 1.807) is 9.80 Å². The topological polar surface area (TPSA) is 87.7 Å². The van der Waals surface area contributed by atoms with Crippen LogP contribution in [0.1, 0.15) is 24.2 Å². The Balaban J connectivity index is 1.23. The fourth-order valence-corrected chi connectivity index (χ4v) is 4.17. The summed E-state index contributed by atoms with van der Waals surface area (Å²) in [7, 11) is 0. The lowest BCUT2D eigenvalue weighted by atomic mass is 9.89. The van der Waals surface area contributed by atoms with E-state index in [1.807, 2.05) is 0 Å². The molecule has 1 aromatic rings. The van der Waals surface area contributed by atoms with Crippen molar-refractivity contribution in [3.63, 3.8) is 0 Å². The fourth-order valence-electron chi connectivity index (χ4n) is 4.17. The van der Waals surface area contributed by atoms with E-state index in [0.29, 0.717) is 44.8 Å². The highest BCUT2D eigenvalue weighted by atomic mass is 19.4. The molecular weight excluding hydrogens is 391 g/mol. The van der Waals surface area contributed by atoms with Crippen LogP contribution in [0.3, 0.4) is 0 Å². The third-order valence-corrected chi connectivity index (χ3v) is 5.64. The summed E-state index contributed by atoms with van der Waals surface area (Å²) in [6, 6.07) is -0.0493. The lowest BCUT2D eigenvalue weighted by Gasteiger charge is -2.52. The van der Waals surface area contributed by atoms with E-state index < -0.39 is 17.5 Å².